The highest BCUT2D eigenvalue weighted by Crippen LogP contribution is 2.26. The third kappa shape index (κ3) is 3.06. The average Bonchev–Trinajstić information content (AvgIpc) is 2.94. The van der Waals surface area contributed by atoms with Crippen molar-refractivity contribution < 1.29 is 19.4 Å². The second kappa shape index (κ2) is 6.36. The van der Waals surface area contributed by atoms with Crippen LogP contribution in [0.5, 0.6) is 0 Å². The molecule has 0 aromatic heterocycles. The summed E-state index contributed by atoms with van der Waals surface area (Å²) in [6, 6.07) is 9.30. The summed E-state index contributed by atoms with van der Waals surface area (Å²) in [4.78, 5) is 26.8. The number of carbonyl (C=O) groups excluding carboxylic acids is 1. The molecule has 118 valence electrons. The largest absolute Gasteiger partial charge is 0.480 e. The van der Waals surface area contributed by atoms with Crippen LogP contribution in [0.1, 0.15) is 18.4 Å². The molecule has 0 saturated carbocycles. The molecule has 0 spiro atoms. The number of hydrogen-bond donors (Lipinski definition) is 1. The van der Waals surface area contributed by atoms with Gasteiger partial charge < -0.3 is 14.7 Å². The number of benzene rings is 1. The van der Waals surface area contributed by atoms with Crippen molar-refractivity contribution in [3.05, 3.63) is 35.9 Å². The topological polar surface area (TPSA) is 70.1 Å². The van der Waals surface area contributed by atoms with E-state index in [1.807, 2.05) is 35.2 Å². The number of carboxylic acid groups (broad SMARTS) is 1. The van der Waals surface area contributed by atoms with Gasteiger partial charge in [-0.05, 0) is 24.9 Å². The van der Waals surface area contributed by atoms with Gasteiger partial charge in [0.15, 0.2) is 0 Å². The monoisotopic (exact) mass is 304 g/mol. The number of amides is 1. The van der Waals surface area contributed by atoms with Crippen LogP contribution < -0.4 is 0 Å². The van der Waals surface area contributed by atoms with Gasteiger partial charge in [-0.3, -0.25) is 9.69 Å². The zero-order valence-corrected chi connectivity index (χ0v) is 12.4. The number of aliphatic carboxylic acids is 1. The number of rotatable bonds is 4. The molecule has 2 heterocycles. The van der Waals surface area contributed by atoms with Crippen molar-refractivity contribution in [1.29, 1.82) is 0 Å². The Morgan fingerprint density at radius 2 is 1.95 bits per heavy atom. The standard InChI is InChI=1S/C16H20N2O4/c19-15(20)14-7-4-8-18(14)13-9-17(10-13)16(21)22-11-12-5-2-1-3-6-12/h1-3,5-6,13-14H,4,7-11H2,(H,19,20)/t14-/m0/s1. The zero-order chi connectivity index (χ0) is 15.5. The van der Waals surface area contributed by atoms with E-state index in [4.69, 9.17) is 4.74 Å². The van der Waals surface area contributed by atoms with Gasteiger partial charge in [-0.25, -0.2) is 4.79 Å². The van der Waals surface area contributed by atoms with Gasteiger partial charge in [-0.2, -0.15) is 0 Å². The predicted octanol–water partition coefficient (Wildman–Crippen LogP) is 1.56. The Bertz CT molecular complexity index is 542. The van der Waals surface area contributed by atoms with Gasteiger partial charge >= 0.3 is 12.1 Å². The van der Waals surface area contributed by atoms with Crippen LogP contribution in [0.15, 0.2) is 30.3 Å². The average molecular weight is 304 g/mol. The van der Waals surface area contributed by atoms with E-state index < -0.39 is 12.0 Å². The highest BCUT2D eigenvalue weighted by atomic mass is 16.6. The van der Waals surface area contributed by atoms with Crippen molar-refractivity contribution in [3.8, 4) is 0 Å². The fourth-order valence-corrected chi connectivity index (χ4v) is 3.12. The van der Waals surface area contributed by atoms with Gasteiger partial charge in [0.1, 0.15) is 12.6 Å². The van der Waals surface area contributed by atoms with Crippen molar-refractivity contribution in [2.45, 2.75) is 31.5 Å². The second-order valence-electron chi connectivity index (χ2n) is 5.83. The van der Waals surface area contributed by atoms with E-state index >= 15 is 0 Å². The molecule has 2 fully saturated rings. The molecule has 0 unspecified atom stereocenters. The number of carbonyl (C=O) groups is 2. The lowest BCUT2D eigenvalue weighted by molar-refractivity contribution is -0.144. The van der Waals surface area contributed by atoms with E-state index in [0.29, 0.717) is 19.5 Å². The van der Waals surface area contributed by atoms with Gasteiger partial charge in [-0.15, -0.1) is 0 Å². The van der Waals surface area contributed by atoms with Gasteiger partial charge in [0, 0.05) is 19.1 Å². The molecule has 1 amide bonds. The summed E-state index contributed by atoms with van der Waals surface area (Å²) >= 11 is 0. The smallest absolute Gasteiger partial charge is 0.410 e. The first-order chi connectivity index (χ1) is 10.6. The van der Waals surface area contributed by atoms with Crippen molar-refractivity contribution in [2.24, 2.45) is 0 Å². The molecule has 3 rings (SSSR count). The molecule has 6 nitrogen and oxygen atoms in total. The van der Waals surface area contributed by atoms with Crippen LogP contribution >= 0.6 is 0 Å². The van der Waals surface area contributed by atoms with Crippen LogP contribution in [-0.2, 0) is 16.1 Å². The molecule has 22 heavy (non-hydrogen) atoms. The van der Waals surface area contributed by atoms with Gasteiger partial charge in [0.2, 0.25) is 0 Å². The number of nitrogens with zero attached hydrogens (tertiary/aromatic N) is 2. The maximum absolute atomic E-state index is 11.9. The predicted molar refractivity (Wildman–Crippen MR) is 79.4 cm³/mol. The number of hydrogen-bond acceptors (Lipinski definition) is 4. The number of ether oxygens (including phenoxy) is 1. The minimum absolute atomic E-state index is 0.146. The molecule has 1 atom stereocenters. The first-order valence-corrected chi connectivity index (χ1v) is 7.59. The Hall–Kier alpha value is -2.08. The Kier molecular flexibility index (Phi) is 4.29. The first-order valence-electron chi connectivity index (χ1n) is 7.59. The fourth-order valence-electron chi connectivity index (χ4n) is 3.12. The van der Waals surface area contributed by atoms with E-state index in [9.17, 15) is 14.7 Å². The molecule has 1 aromatic rings. The molecule has 0 aliphatic carbocycles. The zero-order valence-electron chi connectivity index (χ0n) is 12.4. The van der Waals surface area contributed by atoms with Crippen LogP contribution in [0.4, 0.5) is 4.79 Å². The number of carboxylic acids is 1. The SMILES string of the molecule is O=C(O)[C@@H]1CCCN1C1CN(C(=O)OCc2ccccc2)C1. The van der Waals surface area contributed by atoms with E-state index in [-0.39, 0.29) is 18.7 Å². The molecule has 0 radical (unpaired) electrons. The van der Waals surface area contributed by atoms with Gasteiger partial charge in [0.25, 0.3) is 0 Å². The summed E-state index contributed by atoms with van der Waals surface area (Å²) in [5.74, 6) is -0.761. The maximum Gasteiger partial charge on any atom is 0.410 e. The third-order valence-corrected chi connectivity index (χ3v) is 4.37. The molecule has 2 aliphatic rings. The Morgan fingerprint density at radius 3 is 2.64 bits per heavy atom. The molecular weight excluding hydrogens is 284 g/mol. The van der Waals surface area contributed by atoms with E-state index in [0.717, 1.165) is 18.5 Å². The van der Waals surface area contributed by atoms with Crippen LogP contribution in [-0.4, -0.2) is 58.7 Å². The van der Waals surface area contributed by atoms with E-state index in [2.05, 4.69) is 0 Å². The van der Waals surface area contributed by atoms with Crippen molar-refractivity contribution in [3.63, 3.8) is 0 Å². The highest BCUT2D eigenvalue weighted by Gasteiger charge is 2.42. The minimum atomic E-state index is -0.761. The van der Waals surface area contributed by atoms with Crippen LogP contribution in [0, 0.1) is 0 Å². The molecule has 0 bridgehead atoms. The number of likely N-dealkylation sites (tertiary alicyclic amines) is 2. The lowest BCUT2D eigenvalue weighted by Crippen LogP contribution is -2.62. The molecular formula is C16H20N2O4. The molecule has 1 aromatic carbocycles. The van der Waals surface area contributed by atoms with Crippen molar-refractivity contribution >= 4 is 12.1 Å². The summed E-state index contributed by atoms with van der Waals surface area (Å²) in [5.41, 5.74) is 0.957. The quantitative estimate of drug-likeness (QED) is 0.914. The molecule has 2 aliphatic heterocycles. The third-order valence-electron chi connectivity index (χ3n) is 4.37. The molecule has 6 heteroatoms. The fraction of sp³-hybridized carbons (Fsp3) is 0.500. The maximum atomic E-state index is 11.9. The summed E-state index contributed by atoms with van der Waals surface area (Å²) in [7, 11) is 0. The molecule has 1 N–H and O–H groups in total. The normalized spacial score (nSPS) is 22.4. The van der Waals surface area contributed by atoms with Crippen molar-refractivity contribution in [1.82, 2.24) is 9.80 Å². The lowest BCUT2D eigenvalue weighted by atomic mass is 10.1. The second-order valence-corrected chi connectivity index (χ2v) is 5.83. The summed E-state index contributed by atoms with van der Waals surface area (Å²) in [5, 5.41) is 9.19. The highest BCUT2D eigenvalue weighted by molar-refractivity contribution is 5.74. The van der Waals surface area contributed by atoms with Crippen LogP contribution in [0.25, 0.3) is 0 Å². The Labute approximate surface area is 129 Å². The Morgan fingerprint density at radius 1 is 1.23 bits per heavy atom. The van der Waals surface area contributed by atoms with Crippen LogP contribution in [0.2, 0.25) is 0 Å². The lowest BCUT2D eigenvalue weighted by Gasteiger charge is -2.44. The van der Waals surface area contributed by atoms with E-state index in [1.54, 1.807) is 4.90 Å². The van der Waals surface area contributed by atoms with Crippen molar-refractivity contribution in [2.75, 3.05) is 19.6 Å². The first kappa shape index (κ1) is 14.8. The van der Waals surface area contributed by atoms with Crippen LogP contribution in [0.3, 0.4) is 0 Å². The molecule has 2 saturated heterocycles. The van der Waals surface area contributed by atoms with E-state index in [1.165, 1.54) is 0 Å². The summed E-state index contributed by atoms with van der Waals surface area (Å²) < 4.78 is 5.27. The summed E-state index contributed by atoms with van der Waals surface area (Å²) in [6.45, 7) is 2.17. The van der Waals surface area contributed by atoms with Gasteiger partial charge in [0.05, 0.1) is 0 Å². The Balaban J connectivity index is 1.45. The summed E-state index contributed by atoms with van der Waals surface area (Å²) in [6.07, 6.45) is 1.28. The minimum Gasteiger partial charge on any atom is -0.480 e. The van der Waals surface area contributed by atoms with Gasteiger partial charge in [-0.1, -0.05) is 30.3 Å².